The monoisotopic (exact) mass is 200 g/mol. The molecule has 1 aromatic rings. The molecule has 0 amide bonds. The molecule has 1 aromatic carbocycles. The summed E-state index contributed by atoms with van der Waals surface area (Å²) in [5, 5.41) is 3.62. The number of hydrogen-bond acceptors (Lipinski definition) is 1. The van der Waals surface area contributed by atoms with Gasteiger partial charge in [-0.15, -0.1) is 0 Å². The topological polar surface area (TPSA) is 12.0 Å². The minimum absolute atomic E-state index is 0.475. The molecule has 2 aliphatic heterocycles. The zero-order valence-electron chi connectivity index (χ0n) is 9.81. The van der Waals surface area contributed by atoms with Crippen molar-refractivity contribution in [1.29, 1.82) is 0 Å². The second-order valence-corrected chi connectivity index (χ2v) is 4.83. The summed E-state index contributed by atoms with van der Waals surface area (Å²) in [4.78, 5) is 0. The molecule has 0 aromatic heterocycles. The third-order valence-electron chi connectivity index (χ3n) is 4.26. The molecule has 15 heavy (non-hydrogen) atoms. The van der Waals surface area contributed by atoms with E-state index in [0.717, 1.165) is 0 Å². The van der Waals surface area contributed by atoms with Gasteiger partial charge in [0.05, 0.1) is 12.1 Å². The maximum absolute atomic E-state index is 3.62. The Labute approximate surface area is 91.2 Å². The lowest BCUT2D eigenvalue weighted by Gasteiger charge is -2.20. The van der Waals surface area contributed by atoms with Crippen LogP contribution in [0, 0.1) is 27.7 Å². The van der Waals surface area contributed by atoms with Gasteiger partial charge in [-0.3, -0.25) is 5.32 Å². The molecule has 2 aliphatic rings. The molecule has 0 aliphatic carbocycles. The van der Waals surface area contributed by atoms with Crippen molar-refractivity contribution in [1.82, 2.24) is 5.32 Å². The Hall–Kier alpha value is -1.08. The summed E-state index contributed by atoms with van der Waals surface area (Å²) in [7, 11) is 0. The summed E-state index contributed by atoms with van der Waals surface area (Å²) in [6.45, 7) is 9.01. The molecule has 0 saturated heterocycles. The van der Waals surface area contributed by atoms with Crippen molar-refractivity contribution in [3.8, 4) is 0 Å². The first-order chi connectivity index (χ1) is 7.11. The van der Waals surface area contributed by atoms with E-state index >= 15 is 0 Å². The summed E-state index contributed by atoms with van der Waals surface area (Å²) in [5.41, 5.74) is 8.99. The molecule has 0 saturated carbocycles. The van der Waals surface area contributed by atoms with Gasteiger partial charge >= 0.3 is 0 Å². The Bertz CT molecular complexity index is 440. The molecule has 1 N–H and O–H groups in total. The smallest absolute Gasteiger partial charge is 0.0520 e. The SMILES string of the molecule is Cc1c(C)c(C)c2c(c1C)C1C=CC2[15NH]1. The normalized spacial score (nSPS) is 26.1. The molecule has 2 heterocycles. The van der Waals surface area contributed by atoms with E-state index in [1.165, 1.54) is 22.3 Å². The van der Waals surface area contributed by atoms with Crippen molar-refractivity contribution >= 4 is 0 Å². The lowest BCUT2D eigenvalue weighted by molar-refractivity contribution is 0.671. The van der Waals surface area contributed by atoms with Crippen molar-refractivity contribution in [3.05, 3.63) is 45.5 Å². The van der Waals surface area contributed by atoms with Crippen LogP contribution in [-0.2, 0) is 0 Å². The molecule has 1 nitrogen and oxygen atoms in total. The molecule has 0 spiro atoms. The van der Waals surface area contributed by atoms with E-state index in [9.17, 15) is 0 Å². The number of rotatable bonds is 0. The molecule has 0 fully saturated rings. The van der Waals surface area contributed by atoms with Gasteiger partial charge in [-0.25, -0.2) is 0 Å². The fourth-order valence-corrected chi connectivity index (χ4v) is 3.06. The first-order valence-electron chi connectivity index (χ1n) is 5.65. The van der Waals surface area contributed by atoms with E-state index in [4.69, 9.17) is 0 Å². The van der Waals surface area contributed by atoms with Gasteiger partial charge < -0.3 is 0 Å². The average Bonchev–Trinajstić information content (AvgIpc) is 2.82. The lowest BCUT2D eigenvalue weighted by atomic mass is 9.84. The van der Waals surface area contributed by atoms with Crippen LogP contribution in [0.15, 0.2) is 12.2 Å². The Morgan fingerprint density at radius 2 is 1.13 bits per heavy atom. The van der Waals surface area contributed by atoms with E-state index in [1.807, 2.05) is 0 Å². The molecular formula is C14H17N. The van der Waals surface area contributed by atoms with Gasteiger partial charge in [-0.1, -0.05) is 12.2 Å². The zero-order valence-corrected chi connectivity index (χ0v) is 9.81. The van der Waals surface area contributed by atoms with Gasteiger partial charge in [0.1, 0.15) is 0 Å². The Balaban J connectivity index is 2.38. The fourth-order valence-electron chi connectivity index (χ4n) is 3.06. The van der Waals surface area contributed by atoms with E-state index in [2.05, 4.69) is 45.2 Å². The molecule has 2 unspecified atom stereocenters. The minimum Gasteiger partial charge on any atom is -0.296 e. The standard InChI is InChI=1S/C14H17N/c1-7-8(2)10(4)14-12-6-5-11(15-12)13(14)9(7)3/h5-6,11-12,15H,1-4H3/i15+1. The van der Waals surface area contributed by atoms with Crippen molar-refractivity contribution in [2.45, 2.75) is 39.8 Å². The molecule has 2 atom stereocenters. The summed E-state index contributed by atoms with van der Waals surface area (Å²) < 4.78 is 0. The second kappa shape index (κ2) is 2.73. The highest BCUT2D eigenvalue weighted by Crippen LogP contribution is 2.45. The molecule has 2 bridgehead atoms. The molecule has 1 heteroatoms. The largest absolute Gasteiger partial charge is 0.296 e. The predicted octanol–water partition coefficient (Wildman–Crippen LogP) is 3.18. The van der Waals surface area contributed by atoms with Crippen LogP contribution in [0.4, 0.5) is 0 Å². The first-order valence-corrected chi connectivity index (χ1v) is 5.65. The average molecular weight is 200 g/mol. The lowest BCUT2D eigenvalue weighted by Crippen LogP contribution is -2.07. The first kappa shape index (κ1) is 9.17. The molecular weight excluding hydrogens is 183 g/mol. The number of fused-ring (bicyclic) bond motifs is 5. The Kier molecular flexibility index (Phi) is 1.67. The highest BCUT2D eigenvalue weighted by Gasteiger charge is 2.35. The highest BCUT2D eigenvalue weighted by atomic mass is 15.7. The predicted molar refractivity (Wildman–Crippen MR) is 63.1 cm³/mol. The maximum Gasteiger partial charge on any atom is 0.0520 e. The van der Waals surface area contributed by atoms with Crippen LogP contribution in [0.2, 0.25) is 0 Å². The summed E-state index contributed by atoms with van der Waals surface area (Å²) in [6.07, 6.45) is 4.60. The Morgan fingerprint density at radius 3 is 1.53 bits per heavy atom. The van der Waals surface area contributed by atoms with E-state index < -0.39 is 0 Å². The molecule has 0 radical (unpaired) electrons. The quantitative estimate of drug-likeness (QED) is 0.501. The number of benzene rings is 1. The third-order valence-corrected chi connectivity index (χ3v) is 4.26. The van der Waals surface area contributed by atoms with Crippen LogP contribution in [0.3, 0.4) is 0 Å². The third kappa shape index (κ3) is 0.967. The molecule has 78 valence electrons. The summed E-state index contributed by atoms with van der Waals surface area (Å²) in [6, 6.07) is 0.950. The minimum atomic E-state index is 0.475. The van der Waals surface area contributed by atoms with Gasteiger partial charge in [0.25, 0.3) is 0 Å². The van der Waals surface area contributed by atoms with Crippen LogP contribution < -0.4 is 5.32 Å². The molecule has 3 rings (SSSR count). The van der Waals surface area contributed by atoms with Gasteiger partial charge in [-0.05, 0) is 61.1 Å². The van der Waals surface area contributed by atoms with Crippen molar-refractivity contribution in [2.75, 3.05) is 0 Å². The van der Waals surface area contributed by atoms with Crippen LogP contribution in [-0.4, -0.2) is 0 Å². The maximum atomic E-state index is 3.62. The number of nitrogens with one attached hydrogen (secondary N) is 1. The second-order valence-electron chi connectivity index (χ2n) is 4.83. The fraction of sp³-hybridized carbons (Fsp3) is 0.429. The van der Waals surface area contributed by atoms with E-state index in [0.29, 0.717) is 12.1 Å². The number of hydrogen-bond donors (Lipinski definition) is 1. The summed E-state index contributed by atoms with van der Waals surface area (Å²) in [5.74, 6) is 0. The van der Waals surface area contributed by atoms with Crippen LogP contribution in [0.25, 0.3) is 0 Å². The van der Waals surface area contributed by atoms with Gasteiger partial charge in [-0.2, -0.15) is 0 Å². The van der Waals surface area contributed by atoms with E-state index in [1.54, 1.807) is 11.1 Å². The van der Waals surface area contributed by atoms with Crippen LogP contribution in [0.1, 0.15) is 45.5 Å². The highest BCUT2D eigenvalue weighted by molar-refractivity contribution is 5.58. The van der Waals surface area contributed by atoms with Crippen molar-refractivity contribution in [2.24, 2.45) is 0 Å². The van der Waals surface area contributed by atoms with Crippen molar-refractivity contribution < 1.29 is 0 Å². The van der Waals surface area contributed by atoms with Gasteiger partial charge in [0.15, 0.2) is 0 Å². The van der Waals surface area contributed by atoms with Crippen molar-refractivity contribution in [3.63, 3.8) is 0 Å². The Morgan fingerprint density at radius 1 is 0.733 bits per heavy atom. The van der Waals surface area contributed by atoms with Crippen LogP contribution in [0.5, 0.6) is 0 Å². The van der Waals surface area contributed by atoms with E-state index in [-0.39, 0.29) is 0 Å². The van der Waals surface area contributed by atoms with Gasteiger partial charge in [0.2, 0.25) is 0 Å². The summed E-state index contributed by atoms with van der Waals surface area (Å²) >= 11 is 0. The van der Waals surface area contributed by atoms with Crippen LogP contribution >= 0.6 is 0 Å². The zero-order chi connectivity index (χ0) is 10.7. The van der Waals surface area contributed by atoms with Gasteiger partial charge in [0, 0.05) is 0 Å².